The molecule has 21 heavy (non-hydrogen) atoms. The molecule has 6 nitrogen and oxygen atoms in total. The van der Waals surface area contributed by atoms with E-state index in [1.165, 1.54) is 0 Å². The van der Waals surface area contributed by atoms with Crippen LogP contribution in [0.25, 0.3) is 0 Å². The fraction of sp³-hybridized carbons (Fsp3) is 0.467. The van der Waals surface area contributed by atoms with Gasteiger partial charge in [-0.15, -0.1) is 0 Å². The summed E-state index contributed by atoms with van der Waals surface area (Å²) in [5.74, 6) is -0.974. The Morgan fingerprint density at radius 2 is 1.95 bits per heavy atom. The largest absolute Gasteiger partial charge is 0.478 e. The number of carbonyl (C=O) groups is 2. The van der Waals surface area contributed by atoms with E-state index in [1.807, 2.05) is 19.0 Å². The molecule has 0 aromatic heterocycles. The van der Waals surface area contributed by atoms with Gasteiger partial charge in [0, 0.05) is 32.4 Å². The molecule has 0 aliphatic carbocycles. The van der Waals surface area contributed by atoms with Crippen LogP contribution in [0.1, 0.15) is 15.9 Å². The Labute approximate surface area is 124 Å². The number of rotatable bonds is 4. The first kappa shape index (κ1) is 15.3. The molecular formula is C15H21N3O3. The molecule has 1 N–H and O–H groups in total. The summed E-state index contributed by atoms with van der Waals surface area (Å²) in [4.78, 5) is 28.9. The maximum atomic E-state index is 12.5. The topological polar surface area (TPSA) is 64.1 Å². The molecule has 0 unspecified atom stereocenters. The Morgan fingerprint density at radius 1 is 1.24 bits per heavy atom. The van der Waals surface area contributed by atoms with Gasteiger partial charge >= 0.3 is 12.0 Å². The van der Waals surface area contributed by atoms with Crippen LogP contribution in [0.4, 0.5) is 10.5 Å². The molecule has 1 aromatic carbocycles. The molecule has 6 heteroatoms. The van der Waals surface area contributed by atoms with Crippen molar-refractivity contribution in [1.29, 1.82) is 0 Å². The molecular weight excluding hydrogens is 270 g/mol. The van der Waals surface area contributed by atoms with Crippen molar-refractivity contribution >= 4 is 17.7 Å². The molecule has 1 aliphatic heterocycles. The maximum Gasteiger partial charge on any atom is 0.335 e. The number of amides is 2. The number of likely N-dealkylation sites (N-methyl/N-ethyl adjacent to an activating group) is 2. The number of fused-ring (bicyclic) bond motifs is 1. The number of hydrogen-bond acceptors (Lipinski definition) is 3. The Balaban J connectivity index is 2.15. The van der Waals surface area contributed by atoms with E-state index < -0.39 is 5.97 Å². The molecule has 1 aliphatic rings. The van der Waals surface area contributed by atoms with E-state index in [1.54, 1.807) is 35.0 Å². The number of carboxylic acids is 1. The third-order valence-electron chi connectivity index (χ3n) is 3.67. The van der Waals surface area contributed by atoms with Crippen molar-refractivity contribution in [2.24, 2.45) is 0 Å². The van der Waals surface area contributed by atoms with Crippen molar-refractivity contribution in [3.63, 3.8) is 0 Å². The number of urea groups is 1. The Hall–Kier alpha value is -2.08. The van der Waals surface area contributed by atoms with E-state index in [9.17, 15) is 9.59 Å². The van der Waals surface area contributed by atoms with E-state index in [-0.39, 0.29) is 11.6 Å². The highest BCUT2D eigenvalue weighted by Gasteiger charge is 2.27. The van der Waals surface area contributed by atoms with Gasteiger partial charge in [-0.2, -0.15) is 0 Å². The van der Waals surface area contributed by atoms with E-state index >= 15 is 0 Å². The predicted octanol–water partition coefficient (Wildman–Crippen LogP) is 1.36. The minimum atomic E-state index is -0.974. The quantitative estimate of drug-likeness (QED) is 0.910. The second kappa shape index (κ2) is 6.13. The first-order chi connectivity index (χ1) is 9.90. The zero-order valence-electron chi connectivity index (χ0n) is 12.7. The van der Waals surface area contributed by atoms with E-state index in [0.717, 1.165) is 24.2 Å². The number of aromatic carboxylic acids is 1. The van der Waals surface area contributed by atoms with Gasteiger partial charge in [0.2, 0.25) is 0 Å². The molecule has 0 spiro atoms. The van der Waals surface area contributed by atoms with Gasteiger partial charge in [0.15, 0.2) is 0 Å². The van der Waals surface area contributed by atoms with Gasteiger partial charge in [0.05, 0.1) is 5.56 Å². The number of nitrogens with zero attached hydrogens (tertiary/aromatic N) is 3. The molecule has 1 aromatic rings. The zero-order chi connectivity index (χ0) is 15.6. The third kappa shape index (κ3) is 3.33. The fourth-order valence-corrected chi connectivity index (χ4v) is 2.36. The van der Waals surface area contributed by atoms with Gasteiger partial charge in [-0.25, -0.2) is 9.59 Å². The summed E-state index contributed by atoms with van der Waals surface area (Å²) in [5, 5.41) is 9.08. The van der Waals surface area contributed by atoms with Crippen LogP contribution in [0.3, 0.4) is 0 Å². The lowest BCUT2D eigenvalue weighted by atomic mass is 10.1. The molecule has 2 rings (SSSR count). The summed E-state index contributed by atoms with van der Waals surface area (Å²) in [6.45, 7) is 2.03. The predicted molar refractivity (Wildman–Crippen MR) is 81.0 cm³/mol. The van der Waals surface area contributed by atoms with Crippen LogP contribution in [-0.2, 0) is 6.42 Å². The van der Waals surface area contributed by atoms with Gasteiger partial charge in [-0.3, -0.25) is 4.90 Å². The van der Waals surface area contributed by atoms with E-state index in [2.05, 4.69) is 0 Å². The Morgan fingerprint density at radius 3 is 2.57 bits per heavy atom. The highest BCUT2D eigenvalue weighted by molar-refractivity contribution is 5.96. The van der Waals surface area contributed by atoms with Crippen molar-refractivity contribution in [3.8, 4) is 0 Å². The Bertz CT molecular complexity index is 557. The lowest BCUT2D eigenvalue weighted by Gasteiger charge is -2.26. The van der Waals surface area contributed by atoms with Gasteiger partial charge < -0.3 is 14.9 Å². The summed E-state index contributed by atoms with van der Waals surface area (Å²) in [6, 6.07) is 4.89. The maximum absolute atomic E-state index is 12.5. The van der Waals surface area contributed by atoms with Gasteiger partial charge in [-0.05, 0) is 38.2 Å². The summed E-state index contributed by atoms with van der Waals surface area (Å²) in [7, 11) is 5.69. The van der Waals surface area contributed by atoms with Gasteiger partial charge in [0.1, 0.15) is 0 Å². The van der Waals surface area contributed by atoms with Crippen molar-refractivity contribution in [2.45, 2.75) is 6.42 Å². The van der Waals surface area contributed by atoms with Crippen LogP contribution in [0.2, 0.25) is 0 Å². The average molecular weight is 291 g/mol. The van der Waals surface area contributed by atoms with Gasteiger partial charge in [-0.1, -0.05) is 6.07 Å². The smallest absolute Gasteiger partial charge is 0.335 e. The SMILES string of the molecule is CN(C)CCN(C)C(=O)N1CCc2ccc(C(=O)O)cc21. The number of anilines is 1. The normalized spacial score (nSPS) is 13.4. The first-order valence-corrected chi connectivity index (χ1v) is 6.93. The van der Waals surface area contributed by atoms with Crippen LogP contribution < -0.4 is 4.90 Å². The van der Waals surface area contributed by atoms with Crippen molar-refractivity contribution in [2.75, 3.05) is 45.7 Å². The molecule has 1 heterocycles. The van der Waals surface area contributed by atoms with Gasteiger partial charge in [0.25, 0.3) is 0 Å². The van der Waals surface area contributed by atoms with Crippen LogP contribution in [0, 0.1) is 0 Å². The third-order valence-corrected chi connectivity index (χ3v) is 3.67. The number of carbonyl (C=O) groups excluding carboxylic acids is 1. The average Bonchev–Trinajstić information content (AvgIpc) is 2.86. The van der Waals surface area contributed by atoms with Crippen LogP contribution in [-0.4, -0.2) is 67.7 Å². The summed E-state index contributed by atoms with van der Waals surface area (Å²) >= 11 is 0. The summed E-state index contributed by atoms with van der Waals surface area (Å²) < 4.78 is 0. The number of hydrogen-bond donors (Lipinski definition) is 1. The number of carboxylic acid groups (broad SMARTS) is 1. The van der Waals surface area contributed by atoms with Crippen molar-refractivity contribution < 1.29 is 14.7 Å². The second-order valence-electron chi connectivity index (χ2n) is 5.56. The lowest BCUT2D eigenvalue weighted by molar-refractivity contribution is 0.0697. The highest BCUT2D eigenvalue weighted by Crippen LogP contribution is 2.29. The Kier molecular flexibility index (Phi) is 4.47. The zero-order valence-corrected chi connectivity index (χ0v) is 12.7. The number of benzene rings is 1. The minimum Gasteiger partial charge on any atom is -0.478 e. The van der Waals surface area contributed by atoms with E-state index in [0.29, 0.717) is 13.1 Å². The standard InChI is InChI=1S/C15H21N3O3/c1-16(2)8-9-17(3)15(21)18-7-6-11-4-5-12(14(19)20)10-13(11)18/h4-5,10H,6-9H2,1-3H3,(H,19,20). The molecule has 0 bridgehead atoms. The molecule has 114 valence electrons. The van der Waals surface area contributed by atoms with Crippen molar-refractivity contribution in [1.82, 2.24) is 9.80 Å². The van der Waals surface area contributed by atoms with Crippen LogP contribution >= 0.6 is 0 Å². The second-order valence-corrected chi connectivity index (χ2v) is 5.56. The molecule has 2 amide bonds. The van der Waals surface area contributed by atoms with Crippen LogP contribution in [0.15, 0.2) is 18.2 Å². The molecule has 0 saturated heterocycles. The lowest BCUT2D eigenvalue weighted by Crippen LogP contribution is -2.42. The molecule has 0 atom stereocenters. The summed E-state index contributed by atoms with van der Waals surface area (Å²) in [6.07, 6.45) is 0.766. The summed E-state index contributed by atoms with van der Waals surface area (Å²) in [5.41, 5.74) is 1.95. The molecule has 0 radical (unpaired) electrons. The van der Waals surface area contributed by atoms with Crippen molar-refractivity contribution in [3.05, 3.63) is 29.3 Å². The highest BCUT2D eigenvalue weighted by atomic mass is 16.4. The minimum absolute atomic E-state index is 0.0851. The van der Waals surface area contributed by atoms with E-state index in [4.69, 9.17) is 5.11 Å². The fourth-order valence-electron chi connectivity index (χ4n) is 2.36. The monoisotopic (exact) mass is 291 g/mol. The van der Waals surface area contributed by atoms with Crippen LogP contribution in [0.5, 0.6) is 0 Å². The molecule has 0 saturated carbocycles. The first-order valence-electron chi connectivity index (χ1n) is 6.93. The molecule has 0 fully saturated rings.